The Labute approximate surface area is 124 Å². The van der Waals surface area contributed by atoms with E-state index in [4.69, 9.17) is 0 Å². The Balaban J connectivity index is 1.94. The van der Waals surface area contributed by atoms with Crippen molar-refractivity contribution in [1.82, 2.24) is 9.80 Å². The standard InChI is InChI=1S/C14H24N2O3S/c1-10-5-11(2)7-16(6-10)13(17)8-15-3-4-20-9-12(15)14(18)19/h10-12H,3-9H2,1-2H3,(H,18,19). The molecule has 3 unspecified atom stereocenters. The predicted molar refractivity (Wildman–Crippen MR) is 79.8 cm³/mol. The Hall–Kier alpha value is -0.750. The third-order valence-electron chi connectivity index (χ3n) is 4.08. The van der Waals surface area contributed by atoms with Gasteiger partial charge in [0.1, 0.15) is 6.04 Å². The van der Waals surface area contributed by atoms with Crippen LogP contribution in [0.1, 0.15) is 20.3 Å². The van der Waals surface area contributed by atoms with E-state index in [1.54, 1.807) is 11.8 Å². The predicted octanol–water partition coefficient (Wildman–Crippen LogP) is 0.993. The molecule has 2 heterocycles. The van der Waals surface area contributed by atoms with E-state index < -0.39 is 12.0 Å². The lowest BCUT2D eigenvalue weighted by Gasteiger charge is -2.38. The number of aliphatic carboxylic acids is 1. The number of hydrogen-bond acceptors (Lipinski definition) is 4. The third kappa shape index (κ3) is 3.88. The molecule has 5 nitrogen and oxygen atoms in total. The third-order valence-corrected chi connectivity index (χ3v) is 5.11. The number of thioether (sulfide) groups is 1. The van der Waals surface area contributed by atoms with Gasteiger partial charge in [0.2, 0.25) is 5.91 Å². The summed E-state index contributed by atoms with van der Waals surface area (Å²) in [6.07, 6.45) is 1.17. The molecule has 2 aliphatic heterocycles. The summed E-state index contributed by atoms with van der Waals surface area (Å²) in [4.78, 5) is 27.4. The van der Waals surface area contributed by atoms with Crippen LogP contribution in [0.15, 0.2) is 0 Å². The maximum absolute atomic E-state index is 12.4. The minimum atomic E-state index is -0.814. The first-order valence-corrected chi connectivity index (χ1v) is 8.45. The summed E-state index contributed by atoms with van der Waals surface area (Å²) in [6.45, 7) is 6.90. The van der Waals surface area contributed by atoms with Crippen LogP contribution in [0.2, 0.25) is 0 Å². The van der Waals surface area contributed by atoms with Gasteiger partial charge in [0.25, 0.3) is 0 Å². The first-order chi connectivity index (χ1) is 9.47. The molecule has 20 heavy (non-hydrogen) atoms. The largest absolute Gasteiger partial charge is 0.480 e. The molecule has 1 amide bonds. The molecule has 6 heteroatoms. The van der Waals surface area contributed by atoms with E-state index >= 15 is 0 Å². The van der Waals surface area contributed by atoms with Crippen molar-refractivity contribution in [3.63, 3.8) is 0 Å². The molecule has 2 fully saturated rings. The fourth-order valence-electron chi connectivity index (χ4n) is 3.20. The van der Waals surface area contributed by atoms with E-state index in [1.165, 1.54) is 6.42 Å². The quantitative estimate of drug-likeness (QED) is 0.842. The number of piperidine rings is 1. The smallest absolute Gasteiger partial charge is 0.321 e. The zero-order chi connectivity index (χ0) is 14.7. The highest BCUT2D eigenvalue weighted by atomic mass is 32.2. The van der Waals surface area contributed by atoms with Gasteiger partial charge in [0.05, 0.1) is 6.54 Å². The molecule has 2 rings (SSSR count). The highest BCUT2D eigenvalue weighted by Crippen LogP contribution is 2.22. The van der Waals surface area contributed by atoms with Crippen molar-refractivity contribution in [2.24, 2.45) is 11.8 Å². The van der Waals surface area contributed by atoms with Gasteiger partial charge in [0, 0.05) is 31.1 Å². The van der Waals surface area contributed by atoms with Crippen LogP contribution in [0.3, 0.4) is 0 Å². The van der Waals surface area contributed by atoms with Gasteiger partial charge < -0.3 is 10.0 Å². The van der Waals surface area contributed by atoms with Crippen LogP contribution in [0.25, 0.3) is 0 Å². The zero-order valence-corrected chi connectivity index (χ0v) is 13.1. The van der Waals surface area contributed by atoms with E-state index in [1.807, 2.05) is 9.80 Å². The summed E-state index contributed by atoms with van der Waals surface area (Å²) in [6, 6.07) is -0.516. The van der Waals surface area contributed by atoms with Gasteiger partial charge in [-0.3, -0.25) is 14.5 Å². The van der Waals surface area contributed by atoms with Crippen LogP contribution in [0, 0.1) is 11.8 Å². The van der Waals surface area contributed by atoms with Crippen molar-refractivity contribution in [2.75, 3.05) is 37.7 Å². The number of carbonyl (C=O) groups excluding carboxylic acids is 1. The molecule has 2 aliphatic rings. The molecule has 0 spiro atoms. The van der Waals surface area contributed by atoms with Gasteiger partial charge in [-0.15, -0.1) is 0 Å². The fraction of sp³-hybridized carbons (Fsp3) is 0.857. The molecule has 0 saturated carbocycles. The summed E-state index contributed by atoms with van der Waals surface area (Å²) < 4.78 is 0. The number of likely N-dealkylation sites (tertiary alicyclic amines) is 1. The first-order valence-electron chi connectivity index (χ1n) is 7.29. The minimum absolute atomic E-state index is 0.0848. The van der Waals surface area contributed by atoms with Crippen LogP contribution in [0.5, 0.6) is 0 Å². The lowest BCUT2D eigenvalue weighted by Crippen LogP contribution is -2.53. The lowest BCUT2D eigenvalue weighted by molar-refractivity contribution is -0.144. The Morgan fingerprint density at radius 2 is 1.90 bits per heavy atom. The molecule has 0 aliphatic carbocycles. The molecule has 1 N–H and O–H groups in total. The summed E-state index contributed by atoms with van der Waals surface area (Å²) in [5.41, 5.74) is 0. The number of carbonyl (C=O) groups is 2. The Kier molecular flexibility index (Phi) is 5.32. The van der Waals surface area contributed by atoms with E-state index in [-0.39, 0.29) is 12.5 Å². The van der Waals surface area contributed by atoms with Crippen LogP contribution >= 0.6 is 11.8 Å². The minimum Gasteiger partial charge on any atom is -0.480 e. The lowest BCUT2D eigenvalue weighted by atomic mass is 9.92. The molecule has 0 radical (unpaired) electrons. The highest BCUT2D eigenvalue weighted by molar-refractivity contribution is 7.99. The van der Waals surface area contributed by atoms with Crippen molar-refractivity contribution in [1.29, 1.82) is 0 Å². The second-order valence-corrected chi connectivity index (χ2v) is 7.29. The average molecular weight is 300 g/mol. The Morgan fingerprint density at radius 1 is 1.25 bits per heavy atom. The normalized spacial score (nSPS) is 32.1. The SMILES string of the molecule is CC1CC(C)CN(C(=O)CN2CCSCC2C(=O)O)C1. The van der Waals surface area contributed by atoms with Gasteiger partial charge in [-0.2, -0.15) is 11.8 Å². The van der Waals surface area contributed by atoms with Crippen LogP contribution < -0.4 is 0 Å². The van der Waals surface area contributed by atoms with E-state index in [9.17, 15) is 14.7 Å². The second-order valence-electron chi connectivity index (χ2n) is 6.14. The molecule has 0 bridgehead atoms. The summed E-state index contributed by atoms with van der Waals surface area (Å²) in [5.74, 6) is 1.83. The molecule has 0 aromatic carbocycles. The Morgan fingerprint density at radius 3 is 2.50 bits per heavy atom. The maximum atomic E-state index is 12.4. The van der Waals surface area contributed by atoms with Crippen molar-refractivity contribution < 1.29 is 14.7 Å². The maximum Gasteiger partial charge on any atom is 0.321 e. The zero-order valence-electron chi connectivity index (χ0n) is 12.2. The average Bonchev–Trinajstić information content (AvgIpc) is 2.37. The van der Waals surface area contributed by atoms with Gasteiger partial charge >= 0.3 is 5.97 Å². The molecule has 0 aromatic rings. The topological polar surface area (TPSA) is 60.9 Å². The number of rotatable bonds is 3. The summed E-state index contributed by atoms with van der Waals surface area (Å²) in [5, 5.41) is 9.24. The molecular formula is C14H24N2O3S. The van der Waals surface area contributed by atoms with Crippen molar-refractivity contribution >= 4 is 23.6 Å². The molecule has 2 saturated heterocycles. The van der Waals surface area contributed by atoms with Gasteiger partial charge in [-0.05, 0) is 18.3 Å². The first kappa shape index (κ1) is 15.6. The second kappa shape index (κ2) is 6.80. The van der Waals surface area contributed by atoms with Crippen LogP contribution in [-0.2, 0) is 9.59 Å². The highest BCUT2D eigenvalue weighted by Gasteiger charge is 2.32. The molecule has 3 atom stereocenters. The van der Waals surface area contributed by atoms with Gasteiger partial charge in [-0.1, -0.05) is 13.8 Å². The number of carboxylic acids is 1. The summed E-state index contributed by atoms with van der Waals surface area (Å²) in [7, 11) is 0. The Bertz CT molecular complexity index is 367. The van der Waals surface area contributed by atoms with Crippen LogP contribution in [0.4, 0.5) is 0 Å². The number of carboxylic acid groups (broad SMARTS) is 1. The van der Waals surface area contributed by atoms with Crippen molar-refractivity contribution in [2.45, 2.75) is 26.3 Å². The monoisotopic (exact) mass is 300 g/mol. The fourth-order valence-corrected chi connectivity index (χ4v) is 4.30. The van der Waals surface area contributed by atoms with E-state index in [0.29, 0.717) is 24.1 Å². The van der Waals surface area contributed by atoms with Gasteiger partial charge in [0.15, 0.2) is 0 Å². The molecule has 114 valence electrons. The van der Waals surface area contributed by atoms with Crippen molar-refractivity contribution in [3.8, 4) is 0 Å². The van der Waals surface area contributed by atoms with Crippen LogP contribution in [-0.4, -0.2) is 70.5 Å². The van der Waals surface area contributed by atoms with Crippen molar-refractivity contribution in [3.05, 3.63) is 0 Å². The van der Waals surface area contributed by atoms with E-state index in [0.717, 1.165) is 18.8 Å². The number of amides is 1. The molecular weight excluding hydrogens is 276 g/mol. The van der Waals surface area contributed by atoms with E-state index in [2.05, 4.69) is 13.8 Å². The number of hydrogen-bond donors (Lipinski definition) is 1. The summed E-state index contributed by atoms with van der Waals surface area (Å²) >= 11 is 1.65. The number of nitrogens with zero attached hydrogens (tertiary/aromatic N) is 2. The van der Waals surface area contributed by atoms with Gasteiger partial charge in [-0.25, -0.2) is 0 Å². The molecule has 0 aromatic heterocycles.